The van der Waals surface area contributed by atoms with E-state index in [1.54, 1.807) is 0 Å². The molecule has 1 heterocycles. The van der Waals surface area contributed by atoms with Crippen LogP contribution in [0.2, 0.25) is 0 Å². The molecule has 1 aliphatic rings. The van der Waals surface area contributed by atoms with Crippen molar-refractivity contribution in [1.29, 1.82) is 0 Å². The minimum Gasteiger partial charge on any atom is -0.381 e. The van der Waals surface area contributed by atoms with Crippen molar-refractivity contribution in [3.05, 3.63) is 12.2 Å². The van der Waals surface area contributed by atoms with Crippen molar-refractivity contribution in [2.45, 2.75) is 26.2 Å². The minimum absolute atomic E-state index is 0.794. The van der Waals surface area contributed by atoms with Gasteiger partial charge in [-0.2, -0.15) is 0 Å². The van der Waals surface area contributed by atoms with Crippen molar-refractivity contribution < 1.29 is 4.74 Å². The van der Waals surface area contributed by atoms with Gasteiger partial charge in [-0.05, 0) is 31.7 Å². The Bertz CT molecular complexity index is 150. The molecule has 0 aromatic rings. The second-order valence-corrected chi connectivity index (χ2v) is 3.80. The van der Waals surface area contributed by atoms with E-state index in [2.05, 4.69) is 18.8 Å². The van der Waals surface area contributed by atoms with Gasteiger partial charge in [-0.3, -0.25) is 0 Å². The summed E-state index contributed by atoms with van der Waals surface area (Å²) < 4.78 is 5.31. The molecule has 1 rings (SSSR count). The van der Waals surface area contributed by atoms with E-state index in [4.69, 9.17) is 4.74 Å². The molecule has 0 radical (unpaired) electrons. The van der Waals surface area contributed by atoms with Crippen LogP contribution in [-0.4, -0.2) is 26.3 Å². The summed E-state index contributed by atoms with van der Waals surface area (Å²) in [6, 6.07) is 0. The lowest BCUT2D eigenvalue weighted by Gasteiger charge is -2.08. The molecule has 1 atom stereocenters. The average molecular weight is 183 g/mol. The van der Waals surface area contributed by atoms with Gasteiger partial charge in [0.1, 0.15) is 0 Å². The second kappa shape index (κ2) is 6.17. The normalized spacial score (nSPS) is 22.1. The number of ether oxygens (including phenoxy) is 1. The van der Waals surface area contributed by atoms with Gasteiger partial charge in [-0.15, -0.1) is 0 Å². The summed E-state index contributed by atoms with van der Waals surface area (Å²) >= 11 is 0. The highest BCUT2D eigenvalue weighted by molar-refractivity contribution is 4.94. The summed E-state index contributed by atoms with van der Waals surface area (Å²) in [5.74, 6) is 0.794. The SMILES string of the molecule is C=C(CC)CNCCC1CCOC1. The molecule has 0 bridgehead atoms. The first kappa shape index (κ1) is 10.7. The van der Waals surface area contributed by atoms with Crippen LogP contribution >= 0.6 is 0 Å². The molecule has 1 fully saturated rings. The lowest BCUT2D eigenvalue weighted by molar-refractivity contribution is 0.184. The van der Waals surface area contributed by atoms with Gasteiger partial charge in [0.15, 0.2) is 0 Å². The maximum atomic E-state index is 5.31. The summed E-state index contributed by atoms with van der Waals surface area (Å²) in [5, 5.41) is 3.41. The van der Waals surface area contributed by atoms with Crippen LogP contribution in [0.3, 0.4) is 0 Å². The van der Waals surface area contributed by atoms with E-state index in [1.807, 2.05) is 0 Å². The van der Waals surface area contributed by atoms with Crippen LogP contribution in [0.25, 0.3) is 0 Å². The van der Waals surface area contributed by atoms with Gasteiger partial charge in [0.2, 0.25) is 0 Å². The van der Waals surface area contributed by atoms with Crippen LogP contribution in [0, 0.1) is 5.92 Å². The van der Waals surface area contributed by atoms with Crippen molar-refractivity contribution in [2.24, 2.45) is 5.92 Å². The first-order chi connectivity index (χ1) is 6.33. The topological polar surface area (TPSA) is 21.3 Å². The first-order valence-electron chi connectivity index (χ1n) is 5.28. The molecule has 1 aliphatic heterocycles. The van der Waals surface area contributed by atoms with Gasteiger partial charge in [-0.1, -0.05) is 19.1 Å². The molecule has 1 N–H and O–H groups in total. The zero-order valence-corrected chi connectivity index (χ0v) is 8.64. The standard InChI is InChI=1S/C11H21NO/c1-3-10(2)8-12-6-4-11-5-7-13-9-11/h11-12H,2-9H2,1H3. The van der Waals surface area contributed by atoms with Crippen molar-refractivity contribution in [3.63, 3.8) is 0 Å². The van der Waals surface area contributed by atoms with Gasteiger partial charge in [-0.25, -0.2) is 0 Å². The fourth-order valence-corrected chi connectivity index (χ4v) is 1.51. The number of rotatable bonds is 6. The van der Waals surface area contributed by atoms with Gasteiger partial charge >= 0.3 is 0 Å². The van der Waals surface area contributed by atoms with Crippen molar-refractivity contribution >= 4 is 0 Å². The van der Waals surface area contributed by atoms with Crippen LogP contribution < -0.4 is 5.32 Å². The summed E-state index contributed by atoms with van der Waals surface area (Å²) in [7, 11) is 0. The second-order valence-electron chi connectivity index (χ2n) is 3.80. The average Bonchev–Trinajstić information content (AvgIpc) is 2.64. The Balaban J connectivity index is 1.91. The zero-order valence-electron chi connectivity index (χ0n) is 8.64. The summed E-state index contributed by atoms with van der Waals surface area (Å²) in [6.45, 7) is 10.1. The summed E-state index contributed by atoms with van der Waals surface area (Å²) in [4.78, 5) is 0. The Morgan fingerprint density at radius 1 is 1.62 bits per heavy atom. The molecular formula is C11H21NO. The van der Waals surface area contributed by atoms with Gasteiger partial charge in [0.05, 0.1) is 0 Å². The highest BCUT2D eigenvalue weighted by Crippen LogP contribution is 2.15. The molecule has 0 saturated carbocycles. The Kier molecular flexibility index (Phi) is 5.09. The molecule has 0 amide bonds. The van der Waals surface area contributed by atoms with Crippen molar-refractivity contribution in [2.75, 3.05) is 26.3 Å². The predicted molar refractivity (Wildman–Crippen MR) is 55.8 cm³/mol. The van der Waals surface area contributed by atoms with E-state index in [0.29, 0.717) is 0 Å². The van der Waals surface area contributed by atoms with Crippen molar-refractivity contribution in [1.82, 2.24) is 5.32 Å². The van der Waals surface area contributed by atoms with E-state index < -0.39 is 0 Å². The quantitative estimate of drug-likeness (QED) is 0.502. The molecule has 0 aliphatic carbocycles. The summed E-state index contributed by atoms with van der Waals surface area (Å²) in [6.07, 6.45) is 3.58. The summed E-state index contributed by atoms with van der Waals surface area (Å²) in [5.41, 5.74) is 1.29. The Hall–Kier alpha value is -0.340. The third-order valence-electron chi connectivity index (χ3n) is 2.63. The van der Waals surface area contributed by atoms with Crippen LogP contribution in [0.15, 0.2) is 12.2 Å². The smallest absolute Gasteiger partial charge is 0.0495 e. The number of nitrogens with one attached hydrogen (secondary N) is 1. The molecule has 76 valence electrons. The maximum absolute atomic E-state index is 5.31. The van der Waals surface area contributed by atoms with Gasteiger partial charge in [0.25, 0.3) is 0 Å². The van der Waals surface area contributed by atoms with E-state index in [-0.39, 0.29) is 0 Å². The monoisotopic (exact) mass is 183 g/mol. The molecule has 1 saturated heterocycles. The Morgan fingerprint density at radius 2 is 2.46 bits per heavy atom. The van der Waals surface area contributed by atoms with Crippen LogP contribution in [-0.2, 0) is 4.74 Å². The Morgan fingerprint density at radius 3 is 3.08 bits per heavy atom. The largest absolute Gasteiger partial charge is 0.381 e. The Labute approximate surface area is 81.4 Å². The third-order valence-corrected chi connectivity index (χ3v) is 2.63. The molecule has 0 aromatic heterocycles. The van der Waals surface area contributed by atoms with E-state index in [0.717, 1.165) is 38.6 Å². The van der Waals surface area contributed by atoms with Crippen LogP contribution in [0.5, 0.6) is 0 Å². The van der Waals surface area contributed by atoms with E-state index >= 15 is 0 Å². The highest BCUT2D eigenvalue weighted by Gasteiger charge is 2.14. The van der Waals surface area contributed by atoms with Crippen LogP contribution in [0.4, 0.5) is 0 Å². The molecule has 2 nitrogen and oxygen atoms in total. The molecule has 2 heteroatoms. The fourth-order valence-electron chi connectivity index (χ4n) is 1.51. The predicted octanol–water partition coefficient (Wildman–Crippen LogP) is 1.97. The number of hydrogen-bond acceptors (Lipinski definition) is 2. The van der Waals surface area contributed by atoms with Crippen molar-refractivity contribution in [3.8, 4) is 0 Å². The highest BCUT2D eigenvalue weighted by atomic mass is 16.5. The van der Waals surface area contributed by atoms with Gasteiger partial charge < -0.3 is 10.1 Å². The molecule has 0 spiro atoms. The minimum atomic E-state index is 0.794. The first-order valence-corrected chi connectivity index (χ1v) is 5.28. The molecule has 1 unspecified atom stereocenters. The zero-order chi connectivity index (χ0) is 9.52. The lowest BCUT2D eigenvalue weighted by atomic mass is 10.1. The number of hydrogen-bond donors (Lipinski definition) is 1. The lowest BCUT2D eigenvalue weighted by Crippen LogP contribution is -2.20. The third kappa shape index (κ3) is 4.44. The fraction of sp³-hybridized carbons (Fsp3) is 0.818. The molecule has 13 heavy (non-hydrogen) atoms. The molecular weight excluding hydrogens is 162 g/mol. The van der Waals surface area contributed by atoms with Gasteiger partial charge in [0, 0.05) is 19.8 Å². The van der Waals surface area contributed by atoms with E-state index in [1.165, 1.54) is 18.4 Å². The molecule has 0 aromatic carbocycles. The van der Waals surface area contributed by atoms with Crippen LogP contribution in [0.1, 0.15) is 26.2 Å². The van der Waals surface area contributed by atoms with E-state index in [9.17, 15) is 0 Å². The maximum Gasteiger partial charge on any atom is 0.0495 e.